The van der Waals surface area contributed by atoms with Crippen LogP contribution in [-0.4, -0.2) is 62.7 Å². The molecule has 1 aliphatic carbocycles. The number of H-pyrrole nitrogens is 1. The molecule has 1 fully saturated rings. The van der Waals surface area contributed by atoms with Gasteiger partial charge in [0.25, 0.3) is 0 Å². The number of nitrogens with one attached hydrogen (secondary N) is 1. The predicted molar refractivity (Wildman–Crippen MR) is 140 cm³/mol. The van der Waals surface area contributed by atoms with Gasteiger partial charge in [-0.25, -0.2) is 14.2 Å². The first-order valence-electron chi connectivity index (χ1n) is 12.9. The lowest BCUT2D eigenvalue weighted by molar-refractivity contribution is 0.0325. The minimum atomic E-state index is -0.454. The highest BCUT2D eigenvalue weighted by atomic mass is 19.1. The van der Waals surface area contributed by atoms with Crippen LogP contribution in [0.4, 0.5) is 9.18 Å². The number of rotatable bonds is 2. The van der Waals surface area contributed by atoms with Crippen LogP contribution >= 0.6 is 0 Å². The van der Waals surface area contributed by atoms with E-state index in [-0.39, 0.29) is 23.8 Å². The SMILES string of the molecule is Cc1nc2ccc(-c3ccc4c(c3)CN(C(=O)N3CC[C@H](O)C[C@@H]3C3C=CC(F)=CC3)CCO4)cc2[nH]1. The second-order valence-corrected chi connectivity index (χ2v) is 10.2. The molecule has 3 aliphatic rings. The van der Waals surface area contributed by atoms with Crippen molar-refractivity contribution >= 4 is 17.1 Å². The van der Waals surface area contributed by atoms with Crippen molar-refractivity contribution in [1.82, 2.24) is 19.8 Å². The highest BCUT2D eigenvalue weighted by Gasteiger charge is 2.37. The summed E-state index contributed by atoms with van der Waals surface area (Å²) in [6.45, 7) is 3.75. The first kappa shape index (κ1) is 23.7. The van der Waals surface area contributed by atoms with Gasteiger partial charge in [-0.15, -0.1) is 0 Å². The number of ether oxygens (including phenoxy) is 1. The van der Waals surface area contributed by atoms with Crippen LogP contribution < -0.4 is 4.74 Å². The molecule has 192 valence electrons. The number of amides is 2. The fourth-order valence-corrected chi connectivity index (χ4v) is 5.75. The number of hydrogen-bond acceptors (Lipinski definition) is 4. The molecule has 2 aliphatic heterocycles. The molecule has 0 radical (unpaired) electrons. The van der Waals surface area contributed by atoms with E-state index in [1.54, 1.807) is 6.08 Å². The molecule has 3 atom stereocenters. The highest BCUT2D eigenvalue weighted by molar-refractivity contribution is 5.82. The maximum absolute atomic E-state index is 13.8. The van der Waals surface area contributed by atoms with Crippen LogP contribution in [0, 0.1) is 12.8 Å². The van der Waals surface area contributed by atoms with E-state index < -0.39 is 6.10 Å². The Morgan fingerprint density at radius 3 is 2.86 bits per heavy atom. The van der Waals surface area contributed by atoms with E-state index in [4.69, 9.17) is 4.74 Å². The number of nitrogens with zero attached hydrogens (tertiary/aromatic N) is 3. The van der Waals surface area contributed by atoms with Gasteiger partial charge in [-0.3, -0.25) is 0 Å². The average molecular weight is 503 g/mol. The number of aromatic nitrogens is 2. The predicted octanol–water partition coefficient (Wildman–Crippen LogP) is 5.11. The molecule has 0 saturated carbocycles. The van der Waals surface area contributed by atoms with E-state index in [0.29, 0.717) is 45.5 Å². The molecule has 7 nitrogen and oxygen atoms in total. The molecule has 1 unspecified atom stereocenters. The largest absolute Gasteiger partial charge is 0.491 e. The van der Waals surface area contributed by atoms with Gasteiger partial charge in [-0.05, 0) is 73.7 Å². The van der Waals surface area contributed by atoms with Gasteiger partial charge in [0.15, 0.2) is 0 Å². The van der Waals surface area contributed by atoms with Crippen molar-refractivity contribution in [2.45, 2.75) is 44.9 Å². The van der Waals surface area contributed by atoms with Crippen molar-refractivity contribution < 1.29 is 19.0 Å². The van der Waals surface area contributed by atoms with Gasteiger partial charge in [0, 0.05) is 24.1 Å². The normalized spacial score (nSPS) is 23.9. The zero-order chi connectivity index (χ0) is 25.5. The number of hydrogen-bond donors (Lipinski definition) is 2. The number of carbonyl (C=O) groups excluding carboxylic acids is 1. The molecule has 0 bridgehead atoms. The maximum Gasteiger partial charge on any atom is 0.320 e. The molecule has 2 N–H and O–H groups in total. The minimum absolute atomic E-state index is 0.0125. The van der Waals surface area contributed by atoms with Crippen LogP contribution in [0.25, 0.3) is 22.2 Å². The van der Waals surface area contributed by atoms with Gasteiger partial charge in [-0.1, -0.05) is 18.2 Å². The summed E-state index contributed by atoms with van der Waals surface area (Å²) in [4.78, 5) is 25.3. The number of piperidine rings is 1. The molecule has 0 spiro atoms. The number of benzene rings is 2. The van der Waals surface area contributed by atoms with Crippen molar-refractivity contribution in [2.75, 3.05) is 19.7 Å². The summed E-state index contributed by atoms with van der Waals surface area (Å²) in [5.41, 5.74) is 4.99. The van der Waals surface area contributed by atoms with Crippen LogP contribution in [0.1, 0.15) is 30.7 Å². The van der Waals surface area contributed by atoms with Crippen LogP contribution in [0.3, 0.4) is 0 Å². The standard InChI is InChI=1S/C29H31FN4O3/c1-18-31-25-8-4-21(15-26(25)32-18)20-5-9-28-22(14-20)17-33(12-13-37-28)29(36)34-11-10-24(35)16-27(34)19-2-6-23(30)7-3-19/h2,4-9,14-15,19,24,27,35H,3,10-13,16-17H2,1H3,(H,31,32)/t19?,24-,27+/m0/s1. The maximum atomic E-state index is 13.8. The third-order valence-electron chi connectivity index (χ3n) is 7.69. The lowest BCUT2D eigenvalue weighted by Gasteiger charge is -2.43. The van der Waals surface area contributed by atoms with Gasteiger partial charge < -0.3 is 24.6 Å². The number of aliphatic hydroxyl groups is 1. The highest BCUT2D eigenvalue weighted by Crippen LogP contribution is 2.34. The van der Waals surface area contributed by atoms with Gasteiger partial charge >= 0.3 is 6.03 Å². The second-order valence-electron chi connectivity index (χ2n) is 10.2. The van der Waals surface area contributed by atoms with Crippen molar-refractivity contribution in [3.8, 4) is 16.9 Å². The first-order chi connectivity index (χ1) is 17.9. The molecule has 37 heavy (non-hydrogen) atoms. The summed E-state index contributed by atoms with van der Waals surface area (Å²) in [6.07, 6.45) is 5.98. The fourth-order valence-electron chi connectivity index (χ4n) is 5.75. The van der Waals surface area contributed by atoms with Gasteiger partial charge in [-0.2, -0.15) is 0 Å². The molecule has 6 rings (SSSR count). The van der Waals surface area contributed by atoms with E-state index in [2.05, 4.69) is 28.2 Å². The van der Waals surface area contributed by atoms with E-state index in [0.717, 1.165) is 39.3 Å². The number of fused-ring (bicyclic) bond motifs is 2. The number of aliphatic hydroxyl groups excluding tert-OH is 1. The van der Waals surface area contributed by atoms with E-state index >= 15 is 0 Å². The van der Waals surface area contributed by atoms with Crippen LogP contribution in [0.15, 0.2) is 60.5 Å². The van der Waals surface area contributed by atoms with E-state index in [9.17, 15) is 14.3 Å². The summed E-state index contributed by atoms with van der Waals surface area (Å²) < 4.78 is 19.6. The smallest absolute Gasteiger partial charge is 0.320 e. The Balaban J connectivity index is 1.25. The molecule has 1 aromatic heterocycles. The molecule has 3 aromatic rings. The second kappa shape index (κ2) is 9.67. The number of likely N-dealkylation sites (tertiary alicyclic amines) is 1. The summed E-state index contributed by atoms with van der Waals surface area (Å²) in [7, 11) is 0. The summed E-state index contributed by atoms with van der Waals surface area (Å²) >= 11 is 0. The molecule has 2 aromatic carbocycles. The molecular formula is C29H31FN4O3. The third-order valence-corrected chi connectivity index (χ3v) is 7.69. The van der Waals surface area contributed by atoms with Crippen LogP contribution in [-0.2, 0) is 6.54 Å². The zero-order valence-corrected chi connectivity index (χ0v) is 20.9. The Kier molecular flexibility index (Phi) is 6.20. The van der Waals surface area contributed by atoms with Crippen LogP contribution in [0.5, 0.6) is 5.75 Å². The monoisotopic (exact) mass is 502 g/mol. The van der Waals surface area contributed by atoms with Crippen molar-refractivity contribution in [3.05, 3.63) is 71.8 Å². The molecule has 3 heterocycles. The number of carbonyl (C=O) groups is 1. The van der Waals surface area contributed by atoms with Crippen molar-refractivity contribution in [1.29, 1.82) is 0 Å². The van der Waals surface area contributed by atoms with Crippen molar-refractivity contribution in [2.24, 2.45) is 5.92 Å². The first-order valence-corrected chi connectivity index (χ1v) is 12.9. The molecule has 1 saturated heterocycles. The van der Waals surface area contributed by atoms with E-state index in [1.165, 1.54) is 6.08 Å². The fraction of sp³-hybridized carbons (Fsp3) is 0.379. The van der Waals surface area contributed by atoms with Crippen molar-refractivity contribution in [3.63, 3.8) is 0 Å². The Hall–Kier alpha value is -3.65. The lowest BCUT2D eigenvalue weighted by atomic mass is 9.85. The summed E-state index contributed by atoms with van der Waals surface area (Å²) in [5.74, 6) is 1.41. The number of aryl methyl sites for hydroxylation is 1. The van der Waals surface area contributed by atoms with Gasteiger partial charge in [0.1, 0.15) is 24.0 Å². The molecular weight excluding hydrogens is 471 g/mol. The minimum Gasteiger partial charge on any atom is -0.491 e. The van der Waals surface area contributed by atoms with E-state index in [1.807, 2.05) is 41.0 Å². The quantitative estimate of drug-likeness (QED) is 0.511. The number of halogens is 1. The third kappa shape index (κ3) is 4.73. The Morgan fingerprint density at radius 2 is 2.03 bits per heavy atom. The number of urea groups is 1. The molecule has 8 heteroatoms. The zero-order valence-electron chi connectivity index (χ0n) is 20.9. The van der Waals surface area contributed by atoms with Crippen LogP contribution in [0.2, 0.25) is 0 Å². The Morgan fingerprint density at radius 1 is 1.19 bits per heavy atom. The Bertz CT molecular complexity index is 1400. The number of imidazole rings is 1. The Labute approximate surface area is 215 Å². The topological polar surface area (TPSA) is 81.7 Å². The van der Waals surface area contributed by atoms with Gasteiger partial charge in [0.05, 0.1) is 30.2 Å². The number of allylic oxidation sites excluding steroid dienone is 3. The summed E-state index contributed by atoms with van der Waals surface area (Å²) in [5, 5.41) is 10.4. The average Bonchev–Trinajstić information content (AvgIpc) is 3.14. The van der Waals surface area contributed by atoms with Gasteiger partial charge in [0.2, 0.25) is 0 Å². The number of aromatic amines is 1. The lowest BCUT2D eigenvalue weighted by Crippen LogP contribution is -2.55. The molecule has 2 amide bonds. The summed E-state index contributed by atoms with van der Waals surface area (Å²) in [6, 6.07) is 12.1.